The summed E-state index contributed by atoms with van der Waals surface area (Å²) in [4.78, 5) is 0. The minimum atomic E-state index is -4.17. The molecule has 0 saturated carbocycles. The van der Waals surface area contributed by atoms with E-state index in [4.69, 9.17) is 4.74 Å². The normalized spacial score (nSPS) is 11.6. The number of hydrogen-bond acceptors (Lipinski definition) is 2. The zero-order valence-electron chi connectivity index (χ0n) is 9.10. The van der Waals surface area contributed by atoms with Gasteiger partial charge in [0.25, 0.3) is 0 Å². The molecule has 0 aliphatic rings. The molecular weight excluding hydrogens is 237 g/mol. The van der Waals surface area contributed by atoms with Gasteiger partial charge in [0.2, 0.25) is 0 Å². The first-order valence-corrected chi connectivity index (χ1v) is 5.77. The molecule has 90 valence electrons. The lowest BCUT2D eigenvalue weighted by atomic mass is 10.1. The Morgan fingerprint density at radius 3 is 2.19 bits per heavy atom. The predicted octanol–water partition coefficient (Wildman–Crippen LogP) is 3.94. The Morgan fingerprint density at radius 2 is 1.69 bits per heavy atom. The van der Waals surface area contributed by atoms with Crippen molar-refractivity contribution >= 4 is 11.8 Å². The van der Waals surface area contributed by atoms with Crippen LogP contribution in [-0.2, 0) is 0 Å². The van der Waals surface area contributed by atoms with Crippen molar-refractivity contribution in [3.63, 3.8) is 0 Å². The molecule has 0 fully saturated rings. The average molecular weight is 250 g/mol. The summed E-state index contributed by atoms with van der Waals surface area (Å²) in [6, 6.07) is 5.60. The molecule has 1 aromatic carbocycles. The van der Waals surface area contributed by atoms with Gasteiger partial charge in [-0.3, -0.25) is 0 Å². The van der Waals surface area contributed by atoms with Crippen molar-refractivity contribution in [2.75, 3.05) is 12.4 Å². The van der Waals surface area contributed by atoms with E-state index in [2.05, 4.69) is 0 Å². The van der Waals surface area contributed by atoms with Crippen LogP contribution in [-0.4, -0.2) is 17.9 Å². The zero-order valence-corrected chi connectivity index (χ0v) is 9.91. The van der Waals surface area contributed by atoms with E-state index in [0.29, 0.717) is 5.75 Å². The lowest BCUT2D eigenvalue weighted by Crippen LogP contribution is -2.07. The second-order valence-electron chi connectivity index (χ2n) is 3.47. The van der Waals surface area contributed by atoms with E-state index in [9.17, 15) is 13.2 Å². The van der Waals surface area contributed by atoms with Crippen molar-refractivity contribution in [3.8, 4) is 5.75 Å². The highest BCUT2D eigenvalue weighted by Gasteiger charge is 2.27. The van der Waals surface area contributed by atoms with E-state index in [1.807, 2.05) is 32.0 Å². The van der Waals surface area contributed by atoms with Crippen LogP contribution in [0.15, 0.2) is 18.2 Å². The molecule has 0 radical (unpaired) electrons. The van der Waals surface area contributed by atoms with Crippen LogP contribution < -0.4 is 4.74 Å². The van der Waals surface area contributed by atoms with E-state index < -0.39 is 5.51 Å². The fourth-order valence-corrected chi connectivity index (χ4v) is 1.73. The maximum Gasteiger partial charge on any atom is 0.441 e. The van der Waals surface area contributed by atoms with Gasteiger partial charge in [0.05, 0.1) is 6.61 Å². The van der Waals surface area contributed by atoms with E-state index in [0.717, 1.165) is 11.1 Å². The van der Waals surface area contributed by atoms with Crippen molar-refractivity contribution < 1.29 is 17.9 Å². The first-order chi connectivity index (χ1) is 7.37. The molecule has 1 nitrogen and oxygen atoms in total. The second-order valence-corrected chi connectivity index (χ2v) is 4.63. The van der Waals surface area contributed by atoms with Gasteiger partial charge in [-0.05, 0) is 48.9 Å². The summed E-state index contributed by atoms with van der Waals surface area (Å²) < 4.78 is 40.7. The summed E-state index contributed by atoms with van der Waals surface area (Å²) in [5.74, 6) is 0.538. The Kier molecular flexibility index (Phi) is 4.53. The average Bonchev–Trinajstić information content (AvgIpc) is 2.09. The van der Waals surface area contributed by atoms with Gasteiger partial charge in [0.15, 0.2) is 0 Å². The molecule has 0 atom stereocenters. The number of ether oxygens (including phenoxy) is 1. The number of alkyl halides is 3. The van der Waals surface area contributed by atoms with Crippen molar-refractivity contribution in [2.24, 2.45) is 0 Å². The summed E-state index contributed by atoms with van der Waals surface area (Å²) in [6.07, 6.45) is 0. The smallest absolute Gasteiger partial charge is 0.441 e. The lowest BCUT2D eigenvalue weighted by molar-refractivity contribution is -0.0329. The Bertz CT molecular complexity index is 329. The molecule has 0 saturated heterocycles. The minimum Gasteiger partial charge on any atom is -0.493 e. The molecule has 0 N–H and O–H groups in total. The molecule has 16 heavy (non-hydrogen) atoms. The molecular formula is C11H13F3OS. The standard InChI is InChI=1S/C11H13F3OS/c1-8-5-9(2)7-10(6-8)15-3-4-16-11(12,13)14/h5-7H,3-4H2,1-2H3. The van der Waals surface area contributed by atoms with E-state index in [1.54, 1.807) is 0 Å². The monoisotopic (exact) mass is 250 g/mol. The first-order valence-electron chi connectivity index (χ1n) is 4.78. The van der Waals surface area contributed by atoms with Crippen LogP contribution in [0.2, 0.25) is 0 Å². The quantitative estimate of drug-likeness (QED) is 0.749. The van der Waals surface area contributed by atoms with Gasteiger partial charge in [0.1, 0.15) is 5.75 Å². The van der Waals surface area contributed by atoms with Crippen molar-refractivity contribution in [1.29, 1.82) is 0 Å². The summed E-state index contributed by atoms with van der Waals surface area (Å²) in [7, 11) is 0. The molecule has 0 unspecified atom stereocenters. The van der Waals surface area contributed by atoms with Gasteiger partial charge in [-0.15, -0.1) is 0 Å². The maximum absolute atomic E-state index is 11.8. The Morgan fingerprint density at radius 1 is 1.12 bits per heavy atom. The third-order valence-electron chi connectivity index (χ3n) is 1.81. The van der Waals surface area contributed by atoms with Gasteiger partial charge in [-0.25, -0.2) is 0 Å². The van der Waals surface area contributed by atoms with E-state index >= 15 is 0 Å². The van der Waals surface area contributed by atoms with E-state index in [1.165, 1.54) is 0 Å². The summed E-state index contributed by atoms with van der Waals surface area (Å²) in [6.45, 7) is 3.90. The van der Waals surface area contributed by atoms with Crippen molar-refractivity contribution in [2.45, 2.75) is 19.4 Å². The first kappa shape index (κ1) is 13.2. The molecule has 5 heteroatoms. The maximum atomic E-state index is 11.8. The minimum absolute atomic E-state index is 0.0626. The molecule has 0 bridgehead atoms. The molecule has 0 aromatic heterocycles. The number of benzene rings is 1. The van der Waals surface area contributed by atoms with Crippen LogP contribution in [0, 0.1) is 13.8 Å². The van der Waals surface area contributed by atoms with Gasteiger partial charge >= 0.3 is 5.51 Å². The fourth-order valence-electron chi connectivity index (χ4n) is 1.33. The lowest BCUT2D eigenvalue weighted by Gasteiger charge is -2.09. The van der Waals surface area contributed by atoms with Crippen LogP contribution in [0.5, 0.6) is 5.75 Å². The largest absolute Gasteiger partial charge is 0.493 e. The third kappa shape index (κ3) is 5.30. The van der Waals surface area contributed by atoms with Gasteiger partial charge in [-0.2, -0.15) is 13.2 Å². The number of aryl methyl sites for hydroxylation is 2. The van der Waals surface area contributed by atoms with Crippen LogP contribution in [0.25, 0.3) is 0 Å². The molecule has 0 heterocycles. The fraction of sp³-hybridized carbons (Fsp3) is 0.455. The third-order valence-corrected chi connectivity index (χ3v) is 2.51. The molecule has 0 spiro atoms. The van der Waals surface area contributed by atoms with Crippen molar-refractivity contribution in [1.82, 2.24) is 0 Å². The molecule has 0 aliphatic heterocycles. The molecule has 0 aliphatic carbocycles. The Labute approximate surface area is 97.0 Å². The second kappa shape index (κ2) is 5.48. The van der Waals surface area contributed by atoms with Crippen LogP contribution in [0.4, 0.5) is 13.2 Å². The summed E-state index contributed by atoms with van der Waals surface area (Å²) in [5, 5.41) is 0. The topological polar surface area (TPSA) is 9.23 Å². The highest BCUT2D eigenvalue weighted by atomic mass is 32.2. The number of thioether (sulfide) groups is 1. The molecule has 0 amide bonds. The van der Waals surface area contributed by atoms with Gasteiger partial charge in [0, 0.05) is 5.75 Å². The Balaban J connectivity index is 2.37. The molecule has 1 aromatic rings. The van der Waals surface area contributed by atoms with Crippen LogP contribution in [0.1, 0.15) is 11.1 Å². The van der Waals surface area contributed by atoms with E-state index in [-0.39, 0.29) is 24.1 Å². The number of hydrogen-bond donors (Lipinski definition) is 0. The number of rotatable bonds is 4. The van der Waals surface area contributed by atoms with Gasteiger partial charge < -0.3 is 4.74 Å². The number of halogens is 3. The highest BCUT2D eigenvalue weighted by molar-refractivity contribution is 8.00. The van der Waals surface area contributed by atoms with Crippen molar-refractivity contribution in [3.05, 3.63) is 29.3 Å². The molecule has 1 rings (SSSR count). The summed E-state index contributed by atoms with van der Waals surface area (Å²) in [5.41, 5.74) is -2.09. The summed E-state index contributed by atoms with van der Waals surface area (Å²) >= 11 is -0.0638. The SMILES string of the molecule is Cc1cc(C)cc(OCCSC(F)(F)F)c1. The van der Waals surface area contributed by atoms with Crippen LogP contribution in [0.3, 0.4) is 0 Å². The zero-order chi connectivity index (χ0) is 12.2. The highest BCUT2D eigenvalue weighted by Crippen LogP contribution is 2.29. The van der Waals surface area contributed by atoms with Crippen LogP contribution >= 0.6 is 11.8 Å². The Hall–Kier alpha value is -0.840. The van der Waals surface area contributed by atoms with Gasteiger partial charge in [-0.1, -0.05) is 6.07 Å². The predicted molar refractivity (Wildman–Crippen MR) is 59.9 cm³/mol.